The van der Waals surface area contributed by atoms with Crippen molar-refractivity contribution in [1.29, 1.82) is 0 Å². The average molecular weight is 223 g/mol. The lowest BCUT2D eigenvalue weighted by molar-refractivity contribution is -0.138. The normalized spacial score (nSPS) is 20.8. The number of hydrogen-bond donors (Lipinski definition) is 1. The number of carboxylic acid groups (broad SMARTS) is 1. The number of morpholine rings is 1. The summed E-state index contributed by atoms with van der Waals surface area (Å²) in [5.41, 5.74) is 0. The fourth-order valence-corrected chi connectivity index (χ4v) is 1.78. The van der Waals surface area contributed by atoms with Gasteiger partial charge in [0, 0.05) is 12.7 Å². The van der Waals surface area contributed by atoms with Crippen LogP contribution in [-0.2, 0) is 9.53 Å². The van der Waals surface area contributed by atoms with Crippen LogP contribution in [0.2, 0.25) is 0 Å². The lowest BCUT2D eigenvalue weighted by atomic mass is 10.1. The van der Waals surface area contributed by atoms with Crippen molar-refractivity contribution in [3.8, 4) is 0 Å². The molecule has 0 bridgehead atoms. The third-order valence-electron chi connectivity index (χ3n) is 2.50. The molecule has 6 heteroatoms. The van der Waals surface area contributed by atoms with Gasteiger partial charge in [0.15, 0.2) is 0 Å². The summed E-state index contributed by atoms with van der Waals surface area (Å²) in [6.07, 6.45) is 3.17. The first-order chi connectivity index (χ1) is 7.77. The molecular formula is C10H13N3O3. The number of rotatable bonds is 3. The Morgan fingerprint density at radius 3 is 3.25 bits per heavy atom. The van der Waals surface area contributed by atoms with Crippen molar-refractivity contribution in [2.45, 2.75) is 12.5 Å². The molecule has 0 spiro atoms. The summed E-state index contributed by atoms with van der Waals surface area (Å²) in [5, 5.41) is 8.82. The minimum Gasteiger partial charge on any atom is -0.481 e. The highest BCUT2D eigenvalue weighted by Gasteiger charge is 2.26. The van der Waals surface area contributed by atoms with E-state index in [1.165, 1.54) is 6.33 Å². The van der Waals surface area contributed by atoms with Crippen molar-refractivity contribution in [1.82, 2.24) is 9.97 Å². The van der Waals surface area contributed by atoms with E-state index >= 15 is 0 Å². The fourth-order valence-electron chi connectivity index (χ4n) is 1.78. The van der Waals surface area contributed by atoms with Crippen LogP contribution in [0.15, 0.2) is 18.6 Å². The molecule has 1 unspecified atom stereocenters. The van der Waals surface area contributed by atoms with Crippen LogP contribution in [0.5, 0.6) is 0 Å². The van der Waals surface area contributed by atoms with Gasteiger partial charge in [-0.3, -0.25) is 4.79 Å². The minimum absolute atomic E-state index is 0.0595. The van der Waals surface area contributed by atoms with Gasteiger partial charge >= 0.3 is 5.97 Å². The van der Waals surface area contributed by atoms with Crippen LogP contribution in [0.1, 0.15) is 6.42 Å². The van der Waals surface area contributed by atoms with E-state index in [0.29, 0.717) is 19.8 Å². The van der Waals surface area contributed by atoms with Gasteiger partial charge in [0.25, 0.3) is 0 Å². The van der Waals surface area contributed by atoms with Crippen LogP contribution in [-0.4, -0.2) is 46.8 Å². The Balaban J connectivity index is 2.13. The van der Waals surface area contributed by atoms with Gasteiger partial charge in [0.2, 0.25) is 0 Å². The summed E-state index contributed by atoms with van der Waals surface area (Å²) in [5.74, 6) is -0.0703. The lowest BCUT2D eigenvalue weighted by Gasteiger charge is -2.35. The zero-order valence-electron chi connectivity index (χ0n) is 8.74. The maximum atomic E-state index is 10.7. The minimum atomic E-state index is -0.824. The van der Waals surface area contributed by atoms with Crippen LogP contribution in [0.4, 0.5) is 5.82 Å². The Morgan fingerprint density at radius 1 is 1.69 bits per heavy atom. The average Bonchev–Trinajstić information content (AvgIpc) is 2.30. The van der Waals surface area contributed by atoms with Gasteiger partial charge in [-0.1, -0.05) is 0 Å². The molecule has 1 saturated heterocycles. The molecule has 0 aromatic carbocycles. The number of carboxylic acids is 1. The Hall–Kier alpha value is -1.69. The zero-order chi connectivity index (χ0) is 11.4. The van der Waals surface area contributed by atoms with Gasteiger partial charge in [-0.05, 0) is 6.07 Å². The second-order valence-corrected chi connectivity index (χ2v) is 3.59. The Labute approximate surface area is 92.9 Å². The fraction of sp³-hybridized carbons (Fsp3) is 0.500. The third kappa shape index (κ3) is 2.46. The molecule has 0 radical (unpaired) electrons. The molecule has 1 aliphatic heterocycles. The van der Waals surface area contributed by atoms with E-state index in [1.54, 1.807) is 12.3 Å². The van der Waals surface area contributed by atoms with Crippen molar-refractivity contribution in [3.05, 3.63) is 18.6 Å². The topological polar surface area (TPSA) is 75.6 Å². The summed E-state index contributed by atoms with van der Waals surface area (Å²) in [4.78, 5) is 20.7. The SMILES string of the molecule is O=C(O)CC1COCCN1c1ccncn1. The maximum Gasteiger partial charge on any atom is 0.305 e. The van der Waals surface area contributed by atoms with E-state index in [0.717, 1.165) is 5.82 Å². The molecule has 1 fully saturated rings. The number of hydrogen-bond acceptors (Lipinski definition) is 5. The lowest BCUT2D eigenvalue weighted by Crippen LogP contribution is -2.47. The maximum absolute atomic E-state index is 10.7. The van der Waals surface area contributed by atoms with Crippen LogP contribution < -0.4 is 4.90 Å². The standard InChI is InChI=1S/C10H13N3O3/c14-10(15)5-8-6-16-4-3-13(8)9-1-2-11-7-12-9/h1-2,7-8H,3-6H2,(H,14,15). The second-order valence-electron chi connectivity index (χ2n) is 3.59. The Morgan fingerprint density at radius 2 is 2.56 bits per heavy atom. The van der Waals surface area contributed by atoms with Gasteiger partial charge in [0.1, 0.15) is 12.1 Å². The molecule has 1 atom stereocenters. The molecule has 6 nitrogen and oxygen atoms in total. The molecule has 16 heavy (non-hydrogen) atoms. The van der Waals surface area contributed by atoms with Crippen LogP contribution in [0.3, 0.4) is 0 Å². The number of aromatic nitrogens is 2. The van der Waals surface area contributed by atoms with Crippen molar-refractivity contribution in [3.63, 3.8) is 0 Å². The summed E-state index contributed by atoms with van der Waals surface area (Å²) in [7, 11) is 0. The van der Waals surface area contributed by atoms with Gasteiger partial charge in [0.05, 0.1) is 25.7 Å². The molecule has 0 saturated carbocycles. The first-order valence-corrected chi connectivity index (χ1v) is 5.09. The van der Waals surface area contributed by atoms with E-state index in [2.05, 4.69) is 9.97 Å². The van der Waals surface area contributed by atoms with Crippen LogP contribution in [0.25, 0.3) is 0 Å². The number of nitrogens with zero attached hydrogens (tertiary/aromatic N) is 3. The Bertz CT molecular complexity index is 358. The number of anilines is 1. The van der Waals surface area contributed by atoms with Crippen molar-refractivity contribution in [2.24, 2.45) is 0 Å². The highest BCUT2D eigenvalue weighted by atomic mass is 16.5. The quantitative estimate of drug-likeness (QED) is 0.786. The summed E-state index contributed by atoms with van der Waals surface area (Å²) < 4.78 is 5.29. The number of ether oxygens (including phenoxy) is 1. The molecular weight excluding hydrogens is 210 g/mol. The highest BCUT2D eigenvalue weighted by Crippen LogP contribution is 2.18. The smallest absolute Gasteiger partial charge is 0.305 e. The van der Waals surface area contributed by atoms with E-state index in [1.807, 2.05) is 4.90 Å². The summed E-state index contributed by atoms with van der Waals surface area (Å²) in [6.45, 7) is 1.69. The summed E-state index contributed by atoms with van der Waals surface area (Å²) in [6, 6.07) is 1.63. The number of carbonyl (C=O) groups is 1. The molecule has 1 aromatic heterocycles. The predicted molar refractivity (Wildman–Crippen MR) is 56.2 cm³/mol. The molecule has 0 amide bonds. The van der Waals surface area contributed by atoms with Crippen molar-refractivity contribution >= 4 is 11.8 Å². The van der Waals surface area contributed by atoms with E-state index in [-0.39, 0.29) is 12.5 Å². The Kier molecular flexibility index (Phi) is 3.31. The van der Waals surface area contributed by atoms with Gasteiger partial charge < -0.3 is 14.7 Å². The van der Waals surface area contributed by atoms with E-state index in [9.17, 15) is 4.79 Å². The van der Waals surface area contributed by atoms with Gasteiger partial charge in [-0.2, -0.15) is 0 Å². The van der Waals surface area contributed by atoms with E-state index < -0.39 is 5.97 Å². The predicted octanol–water partition coefficient (Wildman–Crippen LogP) is 0.156. The monoisotopic (exact) mass is 223 g/mol. The first-order valence-electron chi connectivity index (χ1n) is 5.09. The molecule has 0 aliphatic carbocycles. The van der Waals surface area contributed by atoms with Gasteiger partial charge in [-0.25, -0.2) is 9.97 Å². The molecule has 1 N–H and O–H groups in total. The zero-order valence-corrected chi connectivity index (χ0v) is 8.74. The van der Waals surface area contributed by atoms with Gasteiger partial charge in [-0.15, -0.1) is 0 Å². The molecule has 2 heterocycles. The molecule has 1 aromatic rings. The molecule has 2 rings (SSSR count). The second kappa shape index (κ2) is 4.89. The van der Waals surface area contributed by atoms with Crippen molar-refractivity contribution < 1.29 is 14.6 Å². The first kappa shape index (κ1) is 10.8. The third-order valence-corrected chi connectivity index (χ3v) is 2.50. The number of aliphatic carboxylic acids is 1. The molecule has 86 valence electrons. The summed E-state index contributed by atoms with van der Waals surface area (Å²) >= 11 is 0. The van der Waals surface area contributed by atoms with Crippen LogP contribution >= 0.6 is 0 Å². The highest BCUT2D eigenvalue weighted by molar-refractivity contribution is 5.68. The van der Waals surface area contributed by atoms with E-state index in [4.69, 9.17) is 9.84 Å². The van der Waals surface area contributed by atoms with Crippen molar-refractivity contribution in [2.75, 3.05) is 24.7 Å². The largest absolute Gasteiger partial charge is 0.481 e. The molecule has 1 aliphatic rings. The van der Waals surface area contributed by atoms with Crippen LogP contribution in [0, 0.1) is 0 Å².